The predicted octanol–water partition coefficient (Wildman–Crippen LogP) is 1.39. The summed E-state index contributed by atoms with van der Waals surface area (Å²) in [6.45, 7) is 0. The summed E-state index contributed by atoms with van der Waals surface area (Å²) in [5.41, 5.74) is 1.000. The fourth-order valence-corrected chi connectivity index (χ4v) is 1.89. The molecule has 0 spiro atoms. The summed E-state index contributed by atoms with van der Waals surface area (Å²) in [4.78, 5) is 33.8. The smallest absolute Gasteiger partial charge is 0.291 e. The molecule has 1 aromatic carbocycles. The number of carbonyl (C=O) groups is 3. The molecule has 120 valence electrons. The molecule has 2 N–H and O–H groups in total. The summed E-state index contributed by atoms with van der Waals surface area (Å²) in [5.74, 6) is -1.70. The van der Waals surface area contributed by atoms with Gasteiger partial charge in [-0.15, -0.1) is 0 Å². The molecule has 7 heteroatoms. The van der Waals surface area contributed by atoms with Crippen molar-refractivity contribution in [2.45, 2.75) is 19.3 Å². The first-order valence-electron chi connectivity index (χ1n) is 6.99. The second kappa shape index (κ2) is 7.79. The number of nitrogens with one attached hydrogen (secondary N) is 2. The van der Waals surface area contributed by atoms with Gasteiger partial charge in [0.25, 0.3) is 5.91 Å². The van der Waals surface area contributed by atoms with Crippen molar-refractivity contribution in [1.29, 1.82) is 0 Å². The first-order chi connectivity index (χ1) is 11.0. The molecular weight excluding hydrogens is 300 g/mol. The zero-order valence-electron chi connectivity index (χ0n) is 12.2. The average molecular weight is 315 g/mol. The highest BCUT2D eigenvalue weighted by Crippen LogP contribution is 2.16. The highest BCUT2D eigenvalue weighted by molar-refractivity contribution is 6.02. The summed E-state index contributed by atoms with van der Waals surface area (Å²) in [7, 11) is 0. The van der Waals surface area contributed by atoms with Crippen molar-refractivity contribution >= 4 is 29.2 Å². The standard InChI is InChI=1S/C16H16N2O5/c19-14(7-2-8-15(20)21)17-11-4-1-5-12(10-11)18-16(22)13-6-3-9-23-13/h1,3-6,9-10H,2,7-8H2,(H,17,19)(H,18,22)(H,20,21)/p-1. The second-order valence-electron chi connectivity index (χ2n) is 4.79. The van der Waals surface area contributed by atoms with Crippen LogP contribution in [0.25, 0.3) is 0 Å². The number of aliphatic carboxylic acids is 1. The molecule has 0 radical (unpaired) electrons. The van der Waals surface area contributed by atoms with Gasteiger partial charge >= 0.3 is 0 Å². The van der Waals surface area contributed by atoms with E-state index in [1.165, 1.54) is 12.3 Å². The molecule has 2 aromatic rings. The third-order valence-corrected chi connectivity index (χ3v) is 2.93. The molecule has 1 heterocycles. The van der Waals surface area contributed by atoms with Gasteiger partial charge in [0.15, 0.2) is 5.76 Å². The highest BCUT2D eigenvalue weighted by Gasteiger charge is 2.09. The van der Waals surface area contributed by atoms with Crippen LogP contribution < -0.4 is 15.7 Å². The Balaban J connectivity index is 1.90. The van der Waals surface area contributed by atoms with Gasteiger partial charge in [-0.05, 0) is 43.2 Å². The van der Waals surface area contributed by atoms with Crippen LogP contribution >= 0.6 is 0 Å². The second-order valence-corrected chi connectivity index (χ2v) is 4.79. The van der Waals surface area contributed by atoms with Gasteiger partial charge in [-0.2, -0.15) is 0 Å². The lowest BCUT2D eigenvalue weighted by Gasteiger charge is -2.08. The van der Waals surface area contributed by atoms with Gasteiger partial charge < -0.3 is 25.0 Å². The quantitative estimate of drug-likeness (QED) is 0.802. The summed E-state index contributed by atoms with van der Waals surface area (Å²) >= 11 is 0. The zero-order valence-corrected chi connectivity index (χ0v) is 12.2. The van der Waals surface area contributed by atoms with Crippen molar-refractivity contribution in [3.8, 4) is 0 Å². The zero-order chi connectivity index (χ0) is 16.7. The van der Waals surface area contributed by atoms with E-state index in [0.29, 0.717) is 11.4 Å². The number of furan rings is 1. The predicted molar refractivity (Wildman–Crippen MR) is 80.6 cm³/mol. The van der Waals surface area contributed by atoms with Crippen molar-refractivity contribution in [1.82, 2.24) is 0 Å². The molecule has 0 aliphatic rings. The van der Waals surface area contributed by atoms with Crippen LogP contribution in [0.2, 0.25) is 0 Å². The van der Waals surface area contributed by atoms with Crippen LogP contribution in [0.5, 0.6) is 0 Å². The van der Waals surface area contributed by atoms with Crippen LogP contribution in [0.15, 0.2) is 47.1 Å². The van der Waals surface area contributed by atoms with Crippen molar-refractivity contribution < 1.29 is 23.9 Å². The Bertz CT molecular complexity index is 694. The summed E-state index contributed by atoms with van der Waals surface area (Å²) in [6.07, 6.45) is 1.53. The normalized spacial score (nSPS) is 10.1. The van der Waals surface area contributed by atoms with Gasteiger partial charge in [-0.3, -0.25) is 9.59 Å². The summed E-state index contributed by atoms with van der Waals surface area (Å²) in [6, 6.07) is 9.76. The lowest BCUT2D eigenvalue weighted by molar-refractivity contribution is -0.305. The molecule has 2 rings (SSSR count). The van der Waals surface area contributed by atoms with E-state index < -0.39 is 11.9 Å². The Morgan fingerprint density at radius 2 is 1.74 bits per heavy atom. The van der Waals surface area contributed by atoms with Crippen LogP contribution in [0.4, 0.5) is 11.4 Å². The van der Waals surface area contributed by atoms with Crippen LogP contribution in [0, 0.1) is 0 Å². The Morgan fingerprint density at radius 1 is 1.00 bits per heavy atom. The monoisotopic (exact) mass is 315 g/mol. The lowest BCUT2D eigenvalue weighted by atomic mass is 10.2. The topological polar surface area (TPSA) is 111 Å². The van der Waals surface area contributed by atoms with E-state index in [2.05, 4.69) is 10.6 Å². The number of amides is 2. The number of hydrogen-bond acceptors (Lipinski definition) is 5. The molecule has 0 fully saturated rings. The Kier molecular flexibility index (Phi) is 5.51. The van der Waals surface area contributed by atoms with E-state index in [1.807, 2.05) is 0 Å². The van der Waals surface area contributed by atoms with Crippen molar-refractivity contribution in [2.75, 3.05) is 10.6 Å². The fourth-order valence-electron chi connectivity index (χ4n) is 1.89. The van der Waals surface area contributed by atoms with Crippen LogP contribution in [-0.4, -0.2) is 17.8 Å². The van der Waals surface area contributed by atoms with Crippen LogP contribution in [0.3, 0.4) is 0 Å². The van der Waals surface area contributed by atoms with E-state index in [0.717, 1.165) is 0 Å². The van der Waals surface area contributed by atoms with Gasteiger partial charge in [0, 0.05) is 23.8 Å². The number of carboxylic acid groups (broad SMARTS) is 1. The molecule has 0 bridgehead atoms. The van der Waals surface area contributed by atoms with E-state index in [1.54, 1.807) is 30.3 Å². The summed E-state index contributed by atoms with van der Waals surface area (Å²) < 4.78 is 4.99. The Hall–Kier alpha value is -3.09. The minimum atomic E-state index is -1.18. The number of hydrogen-bond donors (Lipinski definition) is 2. The maximum atomic E-state index is 11.9. The summed E-state index contributed by atoms with van der Waals surface area (Å²) in [5, 5.41) is 15.6. The number of carboxylic acids is 1. The van der Waals surface area contributed by atoms with E-state index >= 15 is 0 Å². The lowest BCUT2D eigenvalue weighted by Crippen LogP contribution is -2.22. The Morgan fingerprint density at radius 3 is 2.39 bits per heavy atom. The van der Waals surface area contributed by atoms with Crippen LogP contribution in [0.1, 0.15) is 29.8 Å². The maximum absolute atomic E-state index is 11.9. The van der Waals surface area contributed by atoms with Gasteiger partial charge in [0.2, 0.25) is 5.91 Å². The molecule has 0 atom stereocenters. The number of benzene rings is 1. The van der Waals surface area contributed by atoms with Crippen molar-refractivity contribution in [2.24, 2.45) is 0 Å². The number of rotatable bonds is 7. The molecular formula is C16H15N2O5-. The molecule has 2 amide bonds. The Labute approximate surface area is 132 Å². The van der Waals surface area contributed by atoms with Gasteiger partial charge in [-0.25, -0.2) is 0 Å². The average Bonchev–Trinajstić information content (AvgIpc) is 3.01. The first-order valence-corrected chi connectivity index (χ1v) is 6.99. The number of carbonyl (C=O) groups excluding carboxylic acids is 3. The molecule has 0 aliphatic heterocycles. The third-order valence-electron chi connectivity index (χ3n) is 2.93. The third kappa shape index (κ3) is 5.31. The minimum Gasteiger partial charge on any atom is -0.550 e. The fraction of sp³-hybridized carbons (Fsp3) is 0.188. The maximum Gasteiger partial charge on any atom is 0.291 e. The molecule has 7 nitrogen and oxygen atoms in total. The minimum absolute atomic E-state index is 0.0803. The molecule has 1 aromatic heterocycles. The van der Waals surface area contributed by atoms with Gasteiger partial charge in [0.1, 0.15) is 0 Å². The molecule has 0 saturated carbocycles. The van der Waals surface area contributed by atoms with Crippen molar-refractivity contribution in [3.05, 3.63) is 48.4 Å². The number of anilines is 2. The highest BCUT2D eigenvalue weighted by atomic mass is 16.4. The van der Waals surface area contributed by atoms with Crippen molar-refractivity contribution in [3.63, 3.8) is 0 Å². The van der Waals surface area contributed by atoms with Crippen LogP contribution in [-0.2, 0) is 9.59 Å². The molecule has 0 saturated heterocycles. The van der Waals surface area contributed by atoms with Gasteiger partial charge in [0.05, 0.1) is 6.26 Å². The van der Waals surface area contributed by atoms with E-state index in [4.69, 9.17) is 4.42 Å². The SMILES string of the molecule is O=C([O-])CCCC(=O)Nc1cccc(NC(=O)c2ccco2)c1. The van der Waals surface area contributed by atoms with E-state index in [9.17, 15) is 19.5 Å². The largest absolute Gasteiger partial charge is 0.550 e. The molecule has 0 aliphatic carbocycles. The molecule has 0 unspecified atom stereocenters. The molecule has 23 heavy (non-hydrogen) atoms. The van der Waals surface area contributed by atoms with E-state index in [-0.39, 0.29) is 30.9 Å². The van der Waals surface area contributed by atoms with Gasteiger partial charge in [-0.1, -0.05) is 6.07 Å². The first kappa shape index (κ1) is 16.3.